The van der Waals surface area contributed by atoms with Gasteiger partial charge >= 0.3 is 5.97 Å². The van der Waals surface area contributed by atoms with E-state index in [9.17, 15) is 9.00 Å². The summed E-state index contributed by atoms with van der Waals surface area (Å²) < 4.78 is 13.0. The molecule has 0 aromatic carbocycles. The number of hydrogen-bond donors (Lipinski definition) is 2. The summed E-state index contributed by atoms with van der Waals surface area (Å²) in [6.07, 6.45) is 0. The molecule has 0 unspecified atom stereocenters. The van der Waals surface area contributed by atoms with Crippen LogP contribution in [0, 0.1) is 0 Å². The summed E-state index contributed by atoms with van der Waals surface area (Å²) in [5.74, 6) is -0.892. The van der Waals surface area contributed by atoms with Crippen molar-refractivity contribution in [3.63, 3.8) is 0 Å². The van der Waals surface area contributed by atoms with Crippen LogP contribution in [0.2, 0.25) is 0 Å². The normalized spacial score (nSPS) is 8.14. The maximum Gasteiger partial charge on any atom is 0.345 e. The zero-order chi connectivity index (χ0) is 5.70. The van der Waals surface area contributed by atoms with Crippen LogP contribution in [0.4, 0.5) is 0 Å². The Labute approximate surface area is 43.8 Å². The van der Waals surface area contributed by atoms with Gasteiger partial charge in [-0.2, -0.15) is 0 Å². The smallest absolute Gasteiger partial charge is 0.345 e. The minimum Gasteiger partial charge on any atom is -0.385 e. The largest absolute Gasteiger partial charge is 0.385 e. The van der Waals surface area contributed by atoms with Gasteiger partial charge < -0.3 is 9.29 Å². The summed E-state index contributed by atoms with van der Waals surface area (Å²) in [4.78, 5) is 9.73. The van der Waals surface area contributed by atoms with Crippen molar-refractivity contribution >= 4 is 17.9 Å². The van der Waals surface area contributed by atoms with E-state index < -0.39 is 24.5 Å². The standard InChI is InChI=1S/C2H4O4S/c3-1-2(4)6-7-5/h3,7H,1H2. The fourth-order valence-corrected chi connectivity index (χ4v) is 0.211. The van der Waals surface area contributed by atoms with Crippen molar-refractivity contribution in [3.05, 3.63) is 0 Å². The Balaban J connectivity index is 3.17. The Kier molecular flexibility index (Phi) is 3.53. The number of rotatable bonds is 2. The first-order valence-corrected chi connectivity index (χ1v) is 2.17. The molecule has 0 aliphatic heterocycles. The monoisotopic (exact) mass is 124 g/mol. The van der Waals surface area contributed by atoms with Crippen LogP contribution < -0.4 is 0 Å². The van der Waals surface area contributed by atoms with Crippen molar-refractivity contribution in [1.82, 2.24) is 0 Å². The van der Waals surface area contributed by atoms with Crippen molar-refractivity contribution in [3.8, 4) is 0 Å². The summed E-state index contributed by atoms with van der Waals surface area (Å²) in [5, 5.41) is 7.85. The molecule has 7 heavy (non-hydrogen) atoms. The predicted molar refractivity (Wildman–Crippen MR) is 22.7 cm³/mol. The van der Waals surface area contributed by atoms with E-state index in [1.54, 1.807) is 0 Å². The van der Waals surface area contributed by atoms with Gasteiger partial charge in [0.2, 0.25) is 0 Å². The molecule has 0 rings (SSSR count). The molecule has 5 heteroatoms. The van der Waals surface area contributed by atoms with Crippen LogP contribution in [0.1, 0.15) is 0 Å². The van der Waals surface area contributed by atoms with Gasteiger partial charge in [-0.3, -0.25) is 0 Å². The van der Waals surface area contributed by atoms with E-state index in [1.165, 1.54) is 0 Å². The number of hydrogen-bond acceptors (Lipinski definition) is 4. The summed E-state index contributed by atoms with van der Waals surface area (Å²) in [6, 6.07) is 0. The van der Waals surface area contributed by atoms with E-state index in [4.69, 9.17) is 5.11 Å². The summed E-state index contributed by atoms with van der Waals surface area (Å²) >= 11 is -0.720. The van der Waals surface area contributed by atoms with Gasteiger partial charge in [-0.25, -0.2) is 9.00 Å². The molecule has 42 valence electrons. The molecule has 0 atom stereocenters. The van der Waals surface area contributed by atoms with Gasteiger partial charge in [-0.1, -0.05) is 0 Å². The molecule has 0 saturated heterocycles. The van der Waals surface area contributed by atoms with Crippen molar-refractivity contribution in [2.45, 2.75) is 0 Å². The van der Waals surface area contributed by atoms with Gasteiger partial charge in [0.1, 0.15) is 6.61 Å². The molecule has 0 aliphatic carbocycles. The van der Waals surface area contributed by atoms with Gasteiger partial charge in [0.25, 0.3) is 0 Å². The maximum atomic E-state index is 9.73. The zero-order valence-electron chi connectivity index (χ0n) is 3.33. The molecular formula is C2H4O4S. The molecule has 0 aromatic heterocycles. The zero-order valence-corrected chi connectivity index (χ0v) is 4.22. The minimum absolute atomic E-state index is 0.720. The quantitative estimate of drug-likeness (QED) is 0.434. The Morgan fingerprint density at radius 1 is 1.86 bits per heavy atom. The maximum absolute atomic E-state index is 9.73. The highest BCUT2D eigenvalue weighted by atomic mass is 32.2. The SMILES string of the molecule is O=[SH]OC(=O)CO. The fraction of sp³-hybridized carbons (Fsp3) is 0.500. The number of aliphatic hydroxyl groups is 1. The van der Waals surface area contributed by atoms with Gasteiger partial charge in [0, 0.05) is 0 Å². The molecule has 0 bridgehead atoms. The molecule has 0 radical (unpaired) electrons. The first-order chi connectivity index (χ1) is 3.31. The third-order valence-electron chi connectivity index (χ3n) is 0.268. The van der Waals surface area contributed by atoms with E-state index in [0.29, 0.717) is 0 Å². The second-order valence-corrected chi connectivity index (χ2v) is 1.03. The molecule has 0 spiro atoms. The lowest BCUT2D eigenvalue weighted by molar-refractivity contribution is -0.136. The summed E-state index contributed by atoms with van der Waals surface area (Å²) in [6.45, 7) is -0.727. The average Bonchev–Trinajstić information content (AvgIpc) is 1.68. The molecule has 0 aromatic rings. The first-order valence-electron chi connectivity index (χ1n) is 1.44. The lowest BCUT2D eigenvalue weighted by Crippen LogP contribution is -2.04. The molecule has 0 saturated carbocycles. The average molecular weight is 124 g/mol. The lowest BCUT2D eigenvalue weighted by atomic mass is 10.8. The topological polar surface area (TPSA) is 63.6 Å². The van der Waals surface area contributed by atoms with Gasteiger partial charge in [-0.05, 0) is 0 Å². The number of carbonyl (C=O) groups is 1. The highest BCUT2D eigenvalue weighted by molar-refractivity contribution is 7.60. The third-order valence-corrected chi connectivity index (χ3v) is 0.546. The van der Waals surface area contributed by atoms with Crippen LogP contribution >= 0.6 is 0 Å². The molecular weight excluding hydrogens is 120 g/mol. The number of aliphatic hydroxyl groups excluding tert-OH is 1. The number of thiol groups is 1. The Morgan fingerprint density at radius 2 is 2.43 bits per heavy atom. The predicted octanol–water partition coefficient (Wildman–Crippen LogP) is -1.62. The second kappa shape index (κ2) is 3.76. The Hall–Kier alpha value is -0.420. The Morgan fingerprint density at radius 3 is 2.57 bits per heavy atom. The van der Waals surface area contributed by atoms with Crippen molar-refractivity contribution in [1.29, 1.82) is 0 Å². The summed E-state index contributed by atoms with van der Waals surface area (Å²) in [5.41, 5.74) is 0. The van der Waals surface area contributed by atoms with Crippen LogP contribution in [0.15, 0.2) is 0 Å². The van der Waals surface area contributed by atoms with E-state index in [0.717, 1.165) is 0 Å². The first kappa shape index (κ1) is 6.58. The van der Waals surface area contributed by atoms with Crippen molar-refractivity contribution in [2.24, 2.45) is 0 Å². The molecule has 0 aliphatic rings. The Bertz CT molecular complexity index is 79.8. The van der Waals surface area contributed by atoms with Crippen LogP contribution in [0.3, 0.4) is 0 Å². The van der Waals surface area contributed by atoms with E-state index in [1.807, 2.05) is 0 Å². The van der Waals surface area contributed by atoms with E-state index in [-0.39, 0.29) is 0 Å². The van der Waals surface area contributed by atoms with Crippen LogP contribution in [0.25, 0.3) is 0 Å². The fourth-order valence-electron chi connectivity index (χ4n) is 0.0704. The van der Waals surface area contributed by atoms with Gasteiger partial charge in [0.05, 0.1) is 0 Å². The van der Waals surface area contributed by atoms with E-state index >= 15 is 0 Å². The highest BCUT2D eigenvalue weighted by Gasteiger charge is 1.93. The molecule has 0 amide bonds. The van der Waals surface area contributed by atoms with Gasteiger partial charge in [-0.15, -0.1) is 0 Å². The second-order valence-electron chi connectivity index (χ2n) is 0.696. The molecule has 0 heterocycles. The van der Waals surface area contributed by atoms with Crippen molar-refractivity contribution < 1.29 is 18.3 Å². The van der Waals surface area contributed by atoms with Crippen LogP contribution in [0.5, 0.6) is 0 Å². The summed E-state index contributed by atoms with van der Waals surface area (Å²) in [7, 11) is 0. The molecule has 1 N–H and O–H groups in total. The lowest BCUT2D eigenvalue weighted by Gasteiger charge is -1.84. The molecule has 4 nitrogen and oxygen atoms in total. The van der Waals surface area contributed by atoms with Crippen LogP contribution in [-0.4, -0.2) is 21.9 Å². The highest BCUT2D eigenvalue weighted by Crippen LogP contribution is 1.68. The van der Waals surface area contributed by atoms with Crippen LogP contribution in [-0.2, 0) is 20.9 Å². The number of carbonyl (C=O) groups excluding carboxylic acids is 1. The molecule has 0 fully saturated rings. The van der Waals surface area contributed by atoms with E-state index in [2.05, 4.69) is 4.18 Å². The third kappa shape index (κ3) is 3.41. The van der Waals surface area contributed by atoms with Crippen molar-refractivity contribution in [2.75, 3.05) is 6.61 Å². The van der Waals surface area contributed by atoms with Gasteiger partial charge in [0.15, 0.2) is 11.9 Å². The minimum atomic E-state index is -0.892.